The molecule has 0 spiro atoms. The zero-order valence-corrected chi connectivity index (χ0v) is 13.3. The fraction of sp³-hybridized carbons (Fsp3) is 0.250. The van der Waals surface area contributed by atoms with Crippen LogP contribution in [0.5, 0.6) is 5.75 Å². The molecule has 2 aromatic heterocycles. The van der Waals surface area contributed by atoms with E-state index >= 15 is 0 Å². The fourth-order valence-corrected chi connectivity index (χ4v) is 2.93. The minimum absolute atomic E-state index is 0.271. The molecule has 1 aromatic carbocycles. The van der Waals surface area contributed by atoms with Crippen LogP contribution in [0.3, 0.4) is 0 Å². The lowest BCUT2D eigenvalue weighted by molar-refractivity contribution is 0.472. The molecule has 7 heteroatoms. The first-order valence-corrected chi connectivity index (χ1v) is 7.67. The molecule has 0 aliphatic heterocycles. The smallest absolute Gasteiger partial charge is 0.234 e. The van der Waals surface area contributed by atoms with Gasteiger partial charge in [-0.15, -0.1) is 10.2 Å². The highest BCUT2D eigenvalue weighted by Gasteiger charge is 2.15. The SMILES string of the molecule is CC(C)c1nnc2sc(-c3ccc(I)c(O)c3)nn12. The molecule has 19 heavy (non-hydrogen) atoms. The van der Waals surface area contributed by atoms with Gasteiger partial charge >= 0.3 is 0 Å². The number of phenols is 1. The van der Waals surface area contributed by atoms with Crippen LogP contribution in [0, 0.1) is 3.57 Å². The normalized spacial score (nSPS) is 11.6. The molecule has 98 valence electrons. The van der Waals surface area contributed by atoms with Crippen molar-refractivity contribution in [1.29, 1.82) is 0 Å². The van der Waals surface area contributed by atoms with Gasteiger partial charge in [-0.05, 0) is 34.7 Å². The maximum Gasteiger partial charge on any atom is 0.234 e. The quantitative estimate of drug-likeness (QED) is 0.687. The third-order valence-corrected chi connectivity index (χ3v) is 4.58. The lowest BCUT2D eigenvalue weighted by atomic mass is 10.2. The molecule has 2 heterocycles. The van der Waals surface area contributed by atoms with Crippen LogP contribution >= 0.6 is 33.9 Å². The second-order valence-electron chi connectivity index (χ2n) is 4.48. The summed E-state index contributed by atoms with van der Waals surface area (Å²) in [5, 5.41) is 23.4. The molecule has 0 amide bonds. The summed E-state index contributed by atoms with van der Waals surface area (Å²) in [4.78, 5) is 0.775. The molecule has 3 rings (SSSR count). The molecule has 0 fully saturated rings. The number of fused-ring (bicyclic) bond motifs is 1. The Morgan fingerprint density at radius 3 is 2.79 bits per heavy atom. The number of halogens is 1. The lowest BCUT2D eigenvalue weighted by Gasteiger charge is -2.00. The molecular weight excluding hydrogens is 375 g/mol. The van der Waals surface area contributed by atoms with Crippen LogP contribution in [0.25, 0.3) is 15.5 Å². The molecule has 1 N–H and O–H groups in total. The second-order valence-corrected chi connectivity index (χ2v) is 6.60. The predicted molar refractivity (Wildman–Crippen MR) is 82.6 cm³/mol. The third-order valence-electron chi connectivity index (χ3n) is 2.72. The first-order valence-electron chi connectivity index (χ1n) is 5.77. The molecule has 0 aliphatic rings. The number of rotatable bonds is 2. The zero-order valence-electron chi connectivity index (χ0n) is 10.3. The van der Waals surface area contributed by atoms with E-state index in [0.717, 1.165) is 24.9 Å². The Morgan fingerprint density at radius 1 is 1.32 bits per heavy atom. The van der Waals surface area contributed by atoms with E-state index in [2.05, 4.69) is 51.7 Å². The van der Waals surface area contributed by atoms with E-state index in [-0.39, 0.29) is 11.7 Å². The number of hydrogen-bond donors (Lipinski definition) is 1. The Labute approximate surface area is 127 Å². The van der Waals surface area contributed by atoms with E-state index in [1.807, 2.05) is 12.1 Å². The highest BCUT2D eigenvalue weighted by atomic mass is 127. The zero-order chi connectivity index (χ0) is 13.6. The summed E-state index contributed by atoms with van der Waals surface area (Å²) in [6.07, 6.45) is 0. The highest BCUT2D eigenvalue weighted by Crippen LogP contribution is 2.30. The van der Waals surface area contributed by atoms with E-state index in [1.165, 1.54) is 11.3 Å². The molecule has 0 aliphatic carbocycles. The van der Waals surface area contributed by atoms with Crippen molar-refractivity contribution in [2.45, 2.75) is 19.8 Å². The summed E-state index contributed by atoms with van der Waals surface area (Å²) in [5.74, 6) is 1.40. The fourth-order valence-electron chi connectivity index (χ4n) is 1.75. The van der Waals surface area contributed by atoms with Crippen LogP contribution in [0.4, 0.5) is 0 Å². The Morgan fingerprint density at radius 2 is 2.11 bits per heavy atom. The Hall–Kier alpha value is -1.22. The van der Waals surface area contributed by atoms with Crippen LogP contribution in [-0.2, 0) is 0 Å². The van der Waals surface area contributed by atoms with Crippen molar-refractivity contribution in [2.24, 2.45) is 0 Å². The number of aromatic nitrogens is 4. The van der Waals surface area contributed by atoms with Gasteiger partial charge in [0.05, 0.1) is 3.57 Å². The van der Waals surface area contributed by atoms with E-state index in [0.29, 0.717) is 0 Å². The average molecular weight is 386 g/mol. The van der Waals surface area contributed by atoms with Gasteiger partial charge in [-0.25, -0.2) is 0 Å². The summed E-state index contributed by atoms with van der Waals surface area (Å²) in [6, 6.07) is 5.54. The van der Waals surface area contributed by atoms with Crippen molar-refractivity contribution < 1.29 is 5.11 Å². The van der Waals surface area contributed by atoms with Crippen LogP contribution in [0.2, 0.25) is 0 Å². The molecule has 3 aromatic rings. The van der Waals surface area contributed by atoms with E-state index in [1.54, 1.807) is 10.6 Å². The van der Waals surface area contributed by atoms with E-state index in [4.69, 9.17) is 0 Å². The van der Waals surface area contributed by atoms with Crippen LogP contribution in [0.1, 0.15) is 25.6 Å². The minimum atomic E-state index is 0.271. The van der Waals surface area contributed by atoms with Gasteiger partial charge in [0.25, 0.3) is 0 Å². The molecule has 0 unspecified atom stereocenters. The Balaban J connectivity index is 2.12. The van der Waals surface area contributed by atoms with Crippen molar-refractivity contribution in [2.75, 3.05) is 0 Å². The largest absolute Gasteiger partial charge is 0.507 e. The maximum atomic E-state index is 9.76. The monoisotopic (exact) mass is 386 g/mol. The molecule has 5 nitrogen and oxygen atoms in total. The summed E-state index contributed by atoms with van der Waals surface area (Å²) in [7, 11) is 0. The van der Waals surface area contributed by atoms with Crippen molar-refractivity contribution >= 4 is 38.9 Å². The number of hydrogen-bond acceptors (Lipinski definition) is 5. The molecular formula is C12H11IN4OS. The predicted octanol–water partition coefficient (Wildman–Crippen LogP) is 3.29. The van der Waals surface area contributed by atoms with Gasteiger partial charge < -0.3 is 5.11 Å². The third kappa shape index (κ3) is 2.20. The first kappa shape index (κ1) is 12.8. The topological polar surface area (TPSA) is 63.3 Å². The standard InChI is InChI=1S/C12H11IN4OS/c1-6(2)10-14-15-12-17(10)16-11(19-12)7-3-4-8(13)9(18)5-7/h3-6,18H,1-2H3. The summed E-state index contributed by atoms with van der Waals surface area (Å²) < 4.78 is 2.60. The summed E-state index contributed by atoms with van der Waals surface area (Å²) in [5.41, 5.74) is 0.892. The lowest BCUT2D eigenvalue weighted by Crippen LogP contribution is -1.97. The Kier molecular flexibility index (Phi) is 3.17. The van der Waals surface area contributed by atoms with Gasteiger partial charge in [-0.2, -0.15) is 9.61 Å². The van der Waals surface area contributed by atoms with Crippen LogP contribution < -0.4 is 0 Å². The average Bonchev–Trinajstić information content (AvgIpc) is 2.91. The molecule has 0 atom stereocenters. The number of aromatic hydroxyl groups is 1. The molecule has 0 bridgehead atoms. The number of benzene rings is 1. The summed E-state index contributed by atoms with van der Waals surface area (Å²) in [6.45, 7) is 4.12. The van der Waals surface area contributed by atoms with E-state index < -0.39 is 0 Å². The van der Waals surface area contributed by atoms with Gasteiger partial charge in [-0.3, -0.25) is 0 Å². The molecule has 0 saturated carbocycles. The maximum absolute atomic E-state index is 9.76. The van der Waals surface area contributed by atoms with Gasteiger partial charge in [-0.1, -0.05) is 31.3 Å². The molecule has 0 saturated heterocycles. The second kappa shape index (κ2) is 4.71. The van der Waals surface area contributed by atoms with Crippen LogP contribution in [0.15, 0.2) is 18.2 Å². The van der Waals surface area contributed by atoms with Gasteiger partial charge in [0.2, 0.25) is 4.96 Å². The molecule has 0 radical (unpaired) electrons. The van der Waals surface area contributed by atoms with Crippen molar-refractivity contribution in [1.82, 2.24) is 19.8 Å². The summed E-state index contributed by atoms with van der Waals surface area (Å²) >= 11 is 3.56. The Bertz CT molecular complexity index is 749. The first-order chi connectivity index (χ1) is 9.06. The van der Waals surface area contributed by atoms with Gasteiger partial charge in [0.1, 0.15) is 10.8 Å². The van der Waals surface area contributed by atoms with Gasteiger partial charge in [0.15, 0.2) is 5.82 Å². The van der Waals surface area contributed by atoms with Crippen molar-refractivity contribution in [3.8, 4) is 16.3 Å². The van der Waals surface area contributed by atoms with Crippen molar-refractivity contribution in [3.63, 3.8) is 0 Å². The van der Waals surface area contributed by atoms with Gasteiger partial charge in [0, 0.05) is 11.5 Å². The van der Waals surface area contributed by atoms with Crippen LogP contribution in [-0.4, -0.2) is 24.9 Å². The number of nitrogens with zero attached hydrogens (tertiary/aromatic N) is 4. The minimum Gasteiger partial charge on any atom is -0.507 e. The number of phenolic OH excluding ortho intramolecular Hbond substituents is 1. The van der Waals surface area contributed by atoms with Crippen molar-refractivity contribution in [3.05, 3.63) is 27.6 Å². The van der Waals surface area contributed by atoms with E-state index in [9.17, 15) is 5.11 Å². The highest BCUT2D eigenvalue weighted by molar-refractivity contribution is 14.1.